The Morgan fingerprint density at radius 3 is 1.79 bits per heavy atom. The highest BCUT2D eigenvalue weighted by atomic mass is 32.2. The van der Waals surface area contributed by atoms with Crippen LogP contribution in [0.3, 0.4) is 0 Å². The molecule has 1 saturated heterocycles. The summed E-state index contributed by atoms with van der Waals surface area (Å²) < 4.78 is 34.1. The normalized spacial score (nSPS) is 14.8. The van der Waals surface area contributed by atoms with Crippen molar-refractivity contribution in [3.05, 3.63) is 185 Å². The second-order valence-corrected chi connectivity index (χ2v) is 19.5. The van der Waals surface area contributed by atoms with Crippen LogP contribution in [0.15, 0.2) is 166 Å². The minimum atomic E-state index is -1.33. The number of hydrogen-bond acceptors (Lipinski definition) is 23. The smallest absolute Gasteiger partial charge is 0.366 e. The van der Waals surface area contributed by atoms with Crippen molar-refractivity contribution in [3.8, 4) is 17.2 Å². The van der Waals surface area contributed by atoms with Gasteiger partial charge in [-0.05, 0) is 50.4 Å². The summed E-state index contributed by atoms with van der Waals surface area (Å²) in [5, 5.41) is 17.6. The number of rotatable bonds is 20. The highest BCUT2D eigenvalue weighted by Gasteiger charge is 2.55. The molecule has 4 heterocycles. The minimum absolute atomic E-state index is 0.0192. The quantitative estimate of drug-likeness (QED) is 0.0176. The highest BCUT2D eigenvalue weighted by Crippen LogP contribution is 2.44. The third kappa shape index (κ3) is 13.3. The Morgan fingerprint density at radius 1 is 0.753 bits per heavy atom. The van der Waals surface area contributed by atoms with Gasteiger partial charge in [-0.3, -0.25) is 33.7 Å². The first-order chi connectivity index (χ1) is 39.1. The summed E-state index contributed by atoms with van der Waals surface area (Å²) in [6.07, 6.45) is -0.728. The fourth-order valence-corrected chi connectivity index (χ4v) is 10.7. The first-order valence-electron chi connectivity index (χ1n) is 24.3. The van der Waals surface area contributed by atoms with E-state index in [1.807, 2.05) is 72.8 Å². The Morgan fingerprint density at radius 2 is 1.28 bits per heavy atom. The molecule has 412 valence electrons. The minimum Gasteiger partial charge on any atom is -0.451 e. The number of oxazole rings is 1. The number of fused-ring (bicyclic) bond motifs is 1. The van der Waals surface area contributed by atoms with Crippen molar-refractivity contribution in [2.45, 2.75) is 56.1 Å². The molecular weight excluding hydrogens is 1090 g/mol. The lowest BCUT2D eigenvalue weighted by Crippen LogP contribution is -2.71. The van der Waals surface area contributed by atoms with Crippen LogP contribution in [0.5, 0.6) is 17.2 Å². The summed E-state index contributed by atoms with van der Waals surface area (Å²) in [6.45, 7) is 2.69. The molecule has 2 atom stereocenters. The molecule has 0 unspecified atom stereocenters. The number of carbonyl (C=O) groups excluding carboxylic acids is 8. The molecule has 9 rings (SSSR count). The first kappa shape index (κ1) is 55.8. The van der Waals surface area contributed by atoms with E-state index in [-0.39, 0.29) is 34.6 Å². The first-order valence-corrected chi connectivity index (χ1v) is 26.4. The van der Waals surface area contributed by atoms with Crippen molar-refractivity contribution in [1.29, 1.82) is 0 Å². The molecule has 0 saturated carbocycles. The van der Waals surface area contributed by atoms with E-state index >= 15 is 0 Å². The molecule has 1 fully saturated rings. The number of aromatic nitrogens is 5. The van der Waals surface area contributed by atoms with Crippen molar-refractivity contribution < 1.29 is 71.3 Å². The van der Waals surface area contributed by atoms with Crippen LogP contribution in [-0.4, -0.2) is 106 Å². The van der Waals surface area contributed by atoms with Gasteiger partial charge in [-0.2, -0.15) is 4.98 Å². The van der Waals surface area contributed by atoms with Crippen molar-refractivity contribution in [2.24, 2.45) is 5.16 Å². The Hall–Kier alpha value is -9.95. The molecule has 7 aromatic rings. The predicted octanol–water partition coefficient (Wildman–Crippen LogP) is 5.69. The number of nitrogen functional groups attached to an aromatic ring is 1. The Kier molecular flexibility index (Phi) is 17.4. The Balaban J connectivity index is 0.977. The molecule has 0 aliphatic carbocycles. The molecule has 3 N–H and O–H groups in total. The van der Waals surface area contributed by atoms with E-state index in [0.717, 1.165) is 62.1 Å². The van der Waals surface area contributed by atoms with E-state index in [0.29, 0.717) is 16.7 Å². The van der Waals surface area contributed by atoms with E-state index in [1.54, 1.807) is 48.5 Å². The maximum absolute atomic E-state index is 14.9. The summed E-state index contributed by atoms with van der Waals surface area (Å²) in [5.41, 5.74) is 7.30. The zero-order valence-corrected chi connectivity index (χ0v) is 44.5. The number of amides is 2. The third-order valence-electron chi connectivity index (χ3n) is 11.8. The van der Waals surface area contributed by atoms with Gasteiger partial charge in [0, 0.05) is 32.3 Å². The van der Waals surface area contributed by atoms with Gasteiger partial charge >= 0.3 is 35.8 Å². The molecule has 26 heteroatoms. The number of thioether (sulfide) groups is 2. The SMILES string of the molecule is CC(=O)Oc1cc(C(=O)O/N=C(\C(=O)N[C@H]2C(=O)N3C(C(=O)OC(c4ccccc4)c4ccccc4)=C(CSc4nnnn4CC(=O)OC(c4ccccc4)c4ccccc4)CS[C@@H]23)c2coc(N)n2)cc(OC(C)=O)c1OC(C)=O. The summed E-state index contributed by atoms with van der Waals surface area (Å²) >= 11 is 2.29. The molecule has 2 aliphatic rings. The van der Waals surface area contributed by atoms with Gasteiger partial charge in [0.15, 0.2) is 29.4 Å². The van der Waals surface area contributed by atoms with Crippen LogP contribution in [0.4, 0.5) is 6.01 Å². The number of benzene rings is 5. The van der Waals surface area contributed by atoms with Gasteiger partial charge < -0.3 is 44.0 Å². The molecule has 0 bridgehead atoms. The number of carbonyl (C=O) groups is 8. The van der Waals surface area contributed by atoms with Gasteiger partial charge in [0.05, 0.1) is 5.56 Å². The van der Waals surface area contributed by atoms with Crippen LogP contribution in [0.2, 0.25) is 0 Å². The summed E-state index contributed by atoms with van der Waals surface area (Å²) in [7, 11) is 0. The van der Waals surface area contributed by atoms with Crippen molar-refractivity contribution in [3.63, 3.8) is 0 Å². The van der Waals surface area contributed by atoms with Crippen molar-refractivity contribution in [1.82, 2.24) is 35.4 Å². The van der Waals surface area contributed by atoms with E-state index in [2.05, 4.69) is 31.0 Å². The predicted molar refractivity (Wildman–Crippen MR) is 285 cm³/mol. The van der Waals surface area contributed by atoms with E-state index in [9.17, 15) is 38.4 Å². The standard InChI is InChI=1S/C55H45N9O15S2/c1-30(65)74-40-24-37(25-41(75-31(2)66)48(40)76-32(3)67)52(71)79-60-43(39-27-73-54(56)57-39)49(69)58-44-50(70)64-45(53(72)78-47(35-20-12-6-13-21-35)36-22-14-7-15-23-36)38(28-80-51(44)64)29-81-55-59-61-62-63(55)26-42(68)77-46(33-16-8-4-9-17-33)34-18-10-5-11-19-34/h4-25,27,44,46-47,51H,26,28-29H2,1-3H3,(H2,56,57)(H,58,69)/b60-43-/t44-,51-/m0/s1. The molecule has 24 nitrogen and oxygen atoms in total. The maximum Gasteiger partial charge on any atom is 0.366 e. The van der Waals surface area contributed by atoms with Gasteiger partial charge in [0.25, 0.3) is 17.8 Å². The van der Waals surface area contributed by atoms with Crippen LogP contribution in [0.1, 0.15) is 71.3 Å². The fourth-order valence-electron chi connectivity index (χ4n) is 8.31. The van der Waals surface area contributed by atoms with Crippen LogP contribution in [-0.2, 0) is 54.4 Å². The number of oxime groups is 1. The third-order valence-corrected chi connectivity index (χ3v) is 14.2. The van der Waals surface area contributed by atoms with Crippen molar-refractivity contribution >= 4 is 82.9 Å². The number of nitrogens with two attached hydrogens (primary N) is 1. The molecule has 0 spiro atoms. The van der Waals surface area contributed by atoms with Crippen molar-refractivity contribution in [2.75, 3.05) is 17.2 Å². The molecule has 2 aromatic heterocycles. The lowest BCUT2D eigenvalue weighted by Gasteiger charge is -2.49. The zero-order chi connectivity index (χ0) is 57.2. The van der Waals surface area contributed by atoms with E-state index in [4.69, 9.17) is 38.7 Å². The number of nitrogens with zero attached hydrogens (tertiary/aromatic N) is 7. The molecule has 0 radical (unpaired) electrons. The molecule has 2 aliphatic heterocycles. The summed E-state index contributed by atoms with van der Waals surface area (Å²) in [6, 6.07) is 36.6. The van der Waals surface area contributed by atoms with Crippen LogP contribution < -0.4 is 25.3 Å². The topological polar surface area (TPSA) is 315 Å². The molecule has 2 amide bonds. The van der Waals surface area contributed by atoms with E-state index < -0.39 is 106 Å². The number of hydrogen-bond donors (Lipinski definition) is 2. The summed E-state index contributed by atoms with van der Waals surface area (Å²) in [5.74, 6) is -8.82. The van der Waals surface area contributed by atoms with E-state index in [1.165, 1.54) is 21.3 Å². The maximum atomic E-state index is 14.9. The molecule has 81 heavy (non-hydrogen) atoms. The molecule has 5 aromatic carbocycles. The Labute approximate surface area is 467 Å². The van der Waals surface area contributed by atoms with Gasteiger partial charge in [0.1, 0.15) is 35.6 Å². The van der Waals surface area contributed by atoms with Crippen LogP contribution in [0.25, 0.3) is 0 Å². The number of esters is 5. The number of nitrogens with one attached hydrogen (secondary N) is 1. The Bertz CT molecular complexity index is 3480. The number of β-lactam (4-membered cyclic amide) rings is 1. The number of ether oxygens (including phenoxy) is 5. The summed E-state index contributed by atoms with van der Waals surface area (Å²) in [4.78, 5) is 117. The lowest BCUT2D eigenvalue weighted by molar-refractivity contribution is -0.154. The monoisotopic (exact) mass is 1140 g/mol. The van der Waals surface area contributed by atoms with Gasteiger partial charge in [-0.1, -0.05) is 138 Å². The second-order valence-electron chi connectivity index (χ2n) is 17.5. The van der Waals surface area contributed by atoms with Crippen LogP contribution >= 0.6 is 23.5 Å². The van der Waals surface area contributed by atoms with Gasteiger partial charge in [0.2, 0.25) is 10.9 Å². The second kappa shape index (κ2) is 25.2. The molecular formula is C55H45N9O15S2. The number of anilines is 1. The average molecular weight is 1140 g/mol. The van der Waals surface area contributed by atoms with Gasteiger partial charge in [-0.15, -0.1) is 16.9 Å². The lowest BCUT2D eigenvalue weighted by atomic mass is 10.0. The largest absolute Gasteiger partial charge is 0.451 e. The average Bonchev–Trinajstić information content (AvgIpc) is 4.18. The fraction of sp³-hybridized carbons (Fsp3) is 0.182. The highest BCUT2D eigenvalue weighted by molar-refractivity contribution is 8.01. The van der Waals surface area contributed by atoms with Gasteiger partial charge in [-0.25, -0.2) is 14.3 Å². The zero-order valence-electron chi connectivity index (χ0n) is 42.9. The van der Waals surface area contributed by atoms with Crippen LogP contribution in [0, 0.1) is 0 Å². The number of tetrazole rings is 1.